The van der Waals surface area contributed by atoms with Gasteiger partial charge in [-0.05, 0) is 49.9 Å². The molecule has 0 bridgehead atoms. The third kappa shape index (κ3) is 3.25. The molecule has 5 heteroatoms. The van der Waals surface area contributed by atoms with Crippen LogP contribution in [0.3, 0.4) is 0 Å². The molecule has 0 aliphatic heterocycles. The summed E-state index contributed by atoms with van der Waals surface area (Å²) in [5.41, 5.74) is -0.869. The van der Waals surface area contributed by atoms with Gasteiger partial charge in [0.2, 0.25) is 0 Å². The third-order valence-electron chi connectivity index (χ3n) is 5.13. The monoisotopic (exact) mass is 282 g/mol. The maximum absolute atomic E-state index is 12.0. The zero-order valence-corrected chi connectivity index (χ0v) is 12.5. The van der Waals surface area contributed by atoms with Crippen molar-refractivity contribution in [3.05, 3.63) is 0 Å². The summed E-state index contributed by atoms with van der Waals surface area (Å²) < 4.78 is 0. The van der Waals surface area contributed by atoms with Gasteiger partial charge in [-0.15, -0.1) is 0 Å². The van der Waals surface area contributed by atoms with Gasteiger partial charge in [-0.1, -0.05) is 20.3 Å². The summed E-state index contributed by atoms with van der Waals surface area (Å²) in [6.07, 6.45) is 6.23. The van der Waals surface area contributed by atoms with Gasteiger partial charge in [0.1, 0.15) is 5.54 Å². The van der Waals surface area contributed by atoms with Crippen molar-refractivity contribution in [3.63, 3.8) is 0 Å². The molecule has 0 saturated heterocycles. The molecule has 2 aliphatic rings. The van der Waals surface area contributed by atoms with E-state index < -0.39 is 11.5 Å². The number of carbonyl (C=O) groups is 2. The molecule has 20 heavy (non-hydrogen) atoms. The lowest BCUT2D eigenvalue weighted by Crippen LogP contribution is -2.59. The Hall–Kier alpha value is -1.26. The molecule has 0 aromatic heterocycles. The molecule has 0 heterocycles. The maximum atomic E-state index is 12.0. The molecule has 114 valence electrons. The van der Waals surface area contributed by atoms with E-state index in [1.807, 2.05) is 0 Å². The Morgan fingerprint density at radius 3 is 2.25 bits per heavy atom. The van der Waals surface area contributed by atoms with E-state index in [-0.39, 0.29) is 11.4 Å². The van der Waals surface area contributed by atoms with Crippen LogP contribution in [-0.4, -0.2) is 29.2 Å². The average molecular weight is 282 g/mol. The molecule has 0 unspecified atom stereocenters. The fourth-order valence-electron chi connectivity index (χ4n) is 3.16. The van der Waals surface area contributed by atoms with Gasteiger partial charge < -0.3 is 15.7 Å². The predicted molar refractivity (Wildman–Crippen MR) is 76.5 cm³/mol. The highest BCUT2D eigenvalue weighted by molar-refractivity contribution is 5.86. The zero-order chi connectivity index (χ0) is 14.8. The first-order valence-corrected chi connectivity index (χ1v) is 7.65. The van der Waals surface area contributed by atoms with Crippen LogP contribution in [0.5, 0.6) is 0 Å². The standard InChI is InChI=1S/C15H26N2O3/c1-11-4-8-15(9-5-11,12(18)19)17-13(20)16-10-14(2)6-3-7-14/h11H,3-10H2,1-2H3,(H,18,19)(H2,16,17,20). The van der Waals surface area contributed by atoms with E-state index in [9.17, 15) is 14.7 Å². The first-order valence-electron chi connectivity index (χ1n) is 7.65. The Kier molecular flexibility index (Phi) is 4.25. The van der Waals surface area contributed by atoms with Crippen LogP contribution >= 0.6 is 0 Å². The highest BCUT2D eigenvalue weighted by Gasteiger charge is 2.42. The SMILES string of the molecule is CC1CCC(NC(=O)NCC2(C)CCC2)(C(=O)O)CC1. The van der Waals surface area contributed by atoms with Crippen molar-refractivity contribution in [2.24, 2.45) is 11.3 Å². The van der Waals surface area contributed by atoms with E-state index >= 15 is 0 Å². The van der Waals surface area contributed by atoms with Gasteiger partial charge in [-0.25, -0.2) is 9.59 Å². The molecular weight excluding hydrogens is 256 g/mol. The first-order chi connectivity index (χ1) is 9.35. The second-order valence-electron chi connectivity index (χ2n) is 7.04. The Labute approximate surface area is 120 Å². The van der Waals surface area contributed by atoms with Gasteiger partial charge in [-0.2, -0.15) is 0 Å². The normalized spacial score (nSPS) is 32.0. The van der Waals surface area contributed by atoms with Crippen LogP contribution in [0.4, 0.5) is 4.79 Å². The number of hydrogen-bond acceptors (Lipinski definition) is 2. The molecular formula is C15H26N2O3. The van der Waals surface area contributed by atoms with Gasteiger partial charge in [0.25, 0.3) is 0 Å². The number of aliphatic carboxylic acids is 1. The molecule has 0 spiro atoms. The number of rotatable bonds is 4. The number of carbonyl (C=O) groups excluding carboxylic acids is 1. The highest BCUT2D eigenvalue weighted by Crippen LogP contribution is 2.39. The minimum atomic E-state index is -1.07. The van der Waals surface area contributed by atoms with E-state index in [0.29, 0.717) is 25.3 Å². The van der Waals surface area contributed by atoms with E-state index in [0.717, 1.165) is 25.7 Å². The van der Waals surface area contributed by atoms with E-state index in [1.165, 1.54) is 6.42 Å². The minimum absolute atomic E-state index is 0.203. The number of carboxylic acids is 1. The average Bonchev–Trinajstić information content (AvgIpc) is 2.37. The van der Waals surface area contributed by atoms with Crippen LogP contribution in [-0.2, 0) is 4.79 Å². The number of hydrogen-bond donors (Lipinski definition) is 3. The maximum Gasteiger partial charge on any atom is 0.329 e. The zero-order valence-electron chi connectivity index (χ0n) is 12.5. The number of carboxylic acid groups (broad SMARTS) is 1. The lowest BCUT2D eigenvalue weighted by molar-refractivity contribution is -0.146. The van der Waals surface area contributed by atoms with Crippen molar-refractivity contribution in [1.29, 1.82) is 0 Å². The van der Waals surface area contributed by atoms with E-state index in [4.69, 9.17) is 0 Å². The smallest absolute Gasteiger partial charge is 0.329 e. The minimum Gasteiger partial charge on any atom is -0.480 e. The molecule has 0 atom stereocenters. The van der Waals surface area contributed by atoms with Crippen molar-refractivity contribution < 1.29 is 14.7 Å². The van der Waals surface area contributed by atoms with Crippen LogP contribution in [0.1, 0.15) is 58.8 Å². The van der Waals surface area contributed by atoms with Crippen LogP contribution in [0, 0.1) is 11.3 Å². The quantitative estimate of drug-likeness (QED) is 0.741. The summed E-state index contributed by atoms with van der Waals surface area (Å²) in [5.74, 6) is -0.365. The Balaban J connectivity index is 1.87. The Bertz CT molecular complexity index is 383. The number of nitrogens with one attached hydrogen (secondary N) is 2. The lowest BCUT2D eigenvalue weighted by Gasteiger charge is -2.39. The summed E-state index contributed by atoms with van der Waals surface area (Å²) in [4.78, 5) is 23.5. The molecule has 0 radical (unpaired) electrons. The van der Waals surface area contributed by atoms with Gasteiger partial charge in [0, 0.05) is 6.54 Å². The number of amides is 2. The summed E-state index contributed by atoms with van der Waals surface area (Å²) in [7, 11) is 0. The Morgan fingerprint density at radius 2 is 1.80 bits per heavy atom. The molecule has 5 nitrogen and oxygen atoms in total. The van der Waals surface area contributed by atoms with Crippen LogP contribution in [0.25, 0.3) is 0 Å². The van der Waals surface area contributed by atoms with Gasteiger partial charge in [-0.3, -0.25) is 0 Å². The summed E-state index contributed by atoms with van der Waals surface area (Å²) in [5, 5.41) is 15.0. The van der Waals surface area contributed by atoms with Crippen molar-refractivity contribution in [3.8, 4) is 0 Å². The largest absolute Gasteiger partial charge is 0.480 e. The van der Waals surface area contributed by atoms with Crippen LogP contribution in [0.2, 0.25) is 0 Å². The summed E-state index contributed by atoms with van der Waals surface area (Å²) in [6, 6.07) is -0.338. The molecule has 2 rings (SSSR count). The second-order valence-corrected chi connectivity index (χ2v) is 7.04. The molecule has 0 aromatic carbocycles. The van der Waals surface area contributed by atoms with Crippen molar-refractivity contribution >= 4 is 12.0 Å². The summed E-state index contributed by atoms with van der Waals surface area (Å²) in [6.45, 7) is 4.92. The predicted octanol–water partition coefficient (Wildman–Crippen LogP) is 2.51. The van der Waals surface area contributed by atoms with Gasteiger partial charge in [0.15, 0.2) is 0 Å². The van der Waals surface area contributed by atoms with Crippen molar-refractivity contribution in [1.82, 2.24) is 10.6 Å². The molecule has 2 saturated carbocycles. The fraction of sp³-hybridized carbons (Fsp3) is 0.867. The second kappa shape index (κ2) is 5.62. The van der Waals surface area contributed by atoms with E-state index in [2.05, 4.69) is 24.5 Å². The third-order valence-corrected chi connectivity index (χ3v) is 5.13. The van der Waals surface area contributed by atoms with Crippen LogP contribution < -0.4 is 10.6 Å². The summed E-state index contributed by atoms with van der Waals surface area (Å²) >= 11 is 0. The molecule has 0 aromatic rings. The Morgan fingerprint density at radius 1 is 1.20 bits per heavy atom. The lowest BCUT2D eigenvalue weighted by atomic mass is 9.70. The van der Waals surface area contributed by atoms with Crippen molar-refractivity contribution in [2.75, 3.05) is 6.54 Å². The van der Waals surface area contributed by atoms with Crippen molar-refractivity contribution in [2.45, 2.75) is 64.3 Å². The number of urea groups is 1. The fourth-order valence-corrected chi connectivity index (χ4v) is 3.16. The molecule has 2 aliphatic carbocycles. The van der Waals surface area contributed by atoms with Gasteiger partial charge in [0.05, 0.1) is 0 Å². The topological polar surface area (TPSA) is 78.4 Å². The highest BCUT2D eigenvalue weighted by atomic mass is 16.4. The van der Waals surface area contributed by atoms with Crippen LogP contribution in [0.15, 0.2) is 0 Å². The van der Waals surface area contributed by atoms with Gasteiger partial charge >= 0.3 is 12.0 Å². The molecule has 2 amide bonds. The molecule has 3 N–H and O–H groups in total. The first kappa shape index (κ1) is 15.1. The molecule has 2 fully saturated rings. The van der Waals surface area contributed by atoms with E-state index in [1.54, 1.807) is 0 Å².